The van der Waals surface area contributed by atoms with Crippen LogP contribution in [0.15, 0.2) is 12.1 Å². The number of esters is 1. The summed E-state index contributed by atoms with van der Waals surface area (Å²) in [7, 11) is 0. The van der Waals surface area contributed by atoms with Crippen molar-refractivity contribution in [1.82, 2.24) is 0 Å². The van der Waals surface area contributed by atoms with E-state index < -0.39 is 28.7 Å². The second-order valence-corrected chi connectivity index (χ2v) is 5.89. The SMILES string of the molecule is CCCCOC(=O)c1ccc(C(C)(C)C)c(F)c1C(=O)O. The van der Waals surface area contributed by atoms with Gasteiger partial charge in [-0.25, -0.2) is 14.0 Å². The van der Waals surface area contributed by atoms with E-state index in [4.69, 9.17) is 4.74 Å². The highest BCUT2D eigenvalue weighted by Crippen LogP contribution is 2.29. The van der Waals surface area contributed by atoms with Crippen LogP contribution in [0.2, 0.25) is 0 Å². The van der Waals surface area contributed by atoms with E-state index in [1.807, 2.05) is 6.92 Å². The second-order valence-electron chi connectivity index (χ2n) is 5.89. The molecule has 0 heterocycles. The van der Waals surface area contributed by atoms with E-state index in [0.29, 0.717) is 6.42 Å². The van der Waals surface area contributed by atoms with Gasteiger partial charge in [-0.2, -0.15) is 0 Å². The van der Waals surface area contributed by atoms with Crippen LogP contribution >= 0.6 is 0 Å². The van der Waals surface area contributed by atoms with Crippen LogP contribution in [0.3, 0.4) is 0 Å². The Morgan fingerprint density at radius 1 is 1.29 bits per heavy atom. The first kappa shape index (κ1) is 17.1. The van der Waals surface area contributed by atoms with Crippen molar-refractivity contribution in [2.24, 2.45) is 0 Å². The number of carboxylic acids is 1. The summed E-state index contributed by atoms with van der Waals surface area (Å²) in [5.74, 6) is -3.15. The Balaban J connectivity index is 3.26. The molecule has 0 radical (unpaired) electrons. The molecule has 0 unspecified atom stereocenters. The first-order valence-electron chi connectivity index (χ1n) is 6.93. The quantitative estimate of drug-likeness (QED) is 0.663. The van der Waals surface area contributed by atoms with Crippen molar-refractivity contribution in [3.05, 3.63) is 34.6 Å². The molecule has 0 saturated heterocycles. The van der Waals surface area contributed by atoms with Gasteiger partial charge < -0.3 is 9.84 Å². The van der Waals surface area contributed by atoms with Crippen LogP contribution in [0.4, 0.5) is 4.39 Å². The number of halogens is 1. The van der Waals surface area contributed by atoms with E-state index in [-0.39, 0.29) is 17.7 Å². The van der Waals surface area contributed by atoms with Crippen molar-refractivity contribution in [1.29, 1.82) is 0 Å². The molecule has 1 N–H and O–H groups in total. The molecule has 116 valence electrons. The van der Waals surface area contributed by atoms with Crippen molar-refractivity contribution in [2.75, 3.05) is 6.61 Å². The smallest absolute Gasteiger partial charge is 0.339 e. The highest BCUT2D eigenvalue weighted by atomic mass is 19.1. The van der Waals surface area contributed by atoms with Crippen LogP contribution in [-0.2, 0) is 10.2 Å². The summed E-state index contributed by atoms with van der Waals surface area (Å²) in [5.41, 5.74) is -1.17. The number of unbranched alkanes of at least 4 members (excludes halogenated alkanes) is 1. The summed E-state index contributed by atoms with van der Waals surface area (Å²) >= 11 is 0. The topological polar surface area (TPSA) is 63.6 Å². The number of benzene rings is 1. The first-order chi connectivity index (χ1) is 9.70. The van der Waals surface area contributed by atoms with Crippen LogP contribution in [0.1, 0.15) is 66.8 Å². The summed E-state index contributed by atoms with van der Waals surface area (Å²) in [6.07, 6.45) is 1.52. The molecule has 0 spiro atoms. The van der Waals surface area contributed by atoms with Crippen LogP contribution in [0.5, 0.6) is 0 Å². The molecule has 0 aliphatic heterocycles. The number of hydrogen-bond acceptors (Lipinski definition) is 3. The predicted octanol–water partition coefficient (Wildman–Crippen LogP) is 3.78. The van der Waals surface area contributed by atoms with E-state index in [1.54, 1.807) is 20.8 Å². The Labute approximate surface area is 123 Å². The van der Waals surface area contributed by atoms with E-state index in [2.05, 4.69) is 0 Å². The van der Waals surface area contributed by atoms with Crippen molar-refractivity contribution in [2.45, 2.75) is 46.0 Å². The molecule has 0 aromatic heterocycles. The molecule has 0 aliphatic rings. The lowest BCUT2D eigenvalue weighted by molar-refractivity contribution is 0.0487. The number of hydrogen-bond donors (Lipinski definition) is 1. The Bertz CT molecular complexity index is 544. The molecule has 1 aromatic carbocycles. The van der Waals surface area contributed by atoms with E-state index >= 15 is 0 Å². The van der Waals surface area contributed by atoms with Gasteiger partial charge in [0.15, 0.2) is 0 Å². The molecule has 0 aliphatic carbocycles. The minimum absolute atomic E-state index is 0.192. The normalized spacial score (nSPS) is 11.3. The number of carbonyl (C=O) groups excluding carboxylic acids is 1. The zero-order valence-electron chi connectivity index (χ0n) is 12.8. The lowest BCUT2D eigenvalue weighted by atomic mass is 9.84. The van der Waals surface area contributed by atoms with Gasteiger partial charge in [0.05, 0.1) is 12.2 Å². The number of rotatable bonds is 5. The van der Waals surface area contributed by atoms with E-state index in [1.165, 1.54) is 12.1 Å². The van der Waals surface area contributed by atoms with Crippen LogP contribution < -0.4 is 0 Å². The third-order valence-electron chi connectivity index (χ3n) is 3.11. The standard InChI is InChI=1S/C16H21FO4/c1-5-6-9-21-15(20)10-7-8-11(16(2,3)4)13(17)12(10)14(18)19/h7-8H,5-6,9H2,1-4H3,(H,18,19). The molecule has 0 bridgehead atoms. The summed E-state index contributed by atoms with van der Waals surface area (Å²) in [6, 6.07) is 2.76. The van der Waals surface area contributed by atoms with Gasteiger partial charge in [-0.1, -0.05) is 40.2 Å². The second kappa shape index (κ2) is 6.70. The first-order valence-corrected chi connectivity index (χ1v) is 6.93. The fraction of sp³-hybridized carbons (Fsp3) is 0.500. The molecule has 5 heteroatoms. The van der Waals surface area contributed by atoms with Gasteiger partial charge >= 0.3 is 11.9 Å². The molecule has 0 fully saturated rings. The molecule has 0 saturated carbocycles. The van der Waals surface area contributed by atoms with Gasteiger partial charge in [0.2, 0.25) is 0 Å². The van der Waals surface area contributed by atoms with Crippen molar-refractivity contribution in [3.8, 4) is 0 Å². The van der Waals surface area contributed by atoms with Crippen molar-refractivity contribution < 1.29 is 23.8 Å². The lowest BCUT2D eigenvalue weighted by Gasteiger charge is -2.21. The molecule has 0 amide bonds. The number of ether oxygens (including phenoxy) is 1. The summed E-state index contributed by atoms with van der Waals surface area (Å²) in [6.45, 7) is 7.45. The molecule has 1 rings (SSSR count). The monoisotopic (exact) mass is 296 g/mol. The van der Waals surface area contributed by atoms with Gasteiger partial charge in [-0.3, -0.25) is 0 Å². The van der Waals surface area contributed by atoms with E-state index in [0.717, 1.165) is 6.42 Å². The Morgan fingerprint density at radius 2 is 1.90 bits per heavy atom. The zero-order valence-corrected chi connectivity index (χ0v) is 12.8. The highest BCUT2D eigenvalue weighted by Gasteiger charge is 2.28. The molecule has 0 atom stereocenters. The zero-order chi connectivity index (χ0) is 16.2. The molecular formula is C16H21FO4. The Hall–Kier alpha value is -1.91. The number of carboxylic acid groups (broad SMARTS) is 1. The van der Waals surface area contributed by atoms with E-state index in [9.17, 15) is 19.1 Å². The summed E-state index contributed by atoms with van der Waals surface area (Å²) in [4.78, 5) is 23.2. The molecule has 4 nitrogen and oxygen atoms in total. The minimum atomic E-state index is -1.47. The lowest BCUT2D eigenvalue weighted by Crippen LogP contribution is -2.20. The maximum atomic E-state index is 14.4. The minimum Gasteiger partial charge on any atom is -0.478 e. The van der Waals surface area contributed by atoms with Crippen molar-refractivity contribution in [3.63, 3.8) is 0 Å². The van der Waals surface area contributed by atoms with Crippen molar-refractivity contribution >= 4 is 11.9 Å². The Kier molecular flexibility index (Phi) is 5.47. The molecule has 21 heavy (non-hydrogen) atoms. The van der Waals surface area contributed by atoms with Gasteiger partial charge in [-0.15, -0.1) is 0 Å². The average Bonchev–Trinajstić information content (AvgIpc) is 2.36. The Morgan fingerprint density at radius 3 is 2.38 bits per heavy atom. The third kappa shape index (κ3) is 4.03. The van der Waals surface area contributed by atoms with Crippen LogP contribution in [-0.4, -0.2) is 23.7 Å². The van der Waals surface area contributed by atoms with Gasteiger partial charge in [0.25, 0.3) is 0 Å². The fourth-order valence-electron chi connectivity index (χ4n) is 1.92. The highest BCUT2D eigenvalue weighted by molar-refractivity contribution is 6.02. The molecular weight excluding hydrogens is 275 g/mol. The maximum Gasteiger partial charge on any atom is 0.339 e. The third-order valence-corrected chi connectivity index (χ3v) is 3.11. The average molecular weight is 296 g/mol. The van der Waals surface area contributed by atoms with Gasteiger partial charge in [0.1, 0.15) is 11.4 Å². The number of aromatic carboxylic acids is 1. The molecule has 1 aromatic rings. The fourth-order valence-corrected chi connectivity index (χ4v) is 1.92. The number of carbonyl (C=O) groups is 2. The van der Waals surface area contributed by atoms with Crippen LogP contribution in [0, 0.1) is 5.82 Å². The van der Waals surface area contributed by atoms with Gasteiger partial charge in [0, 0.05) is 0 Å². The van der Waals surface area contributed by atoms with Crippen LogP contribution in [0.25, 0.3) is 0 Å². The maximum absolute atomic E-state index is 14.4. The van der Waals surface area contributed by atoms with Gasteiger partial charge in [-0.05, 0) is 23.5 Å². The summed E-state index contributed by atoms with van der Waals surface area (Å²) < 4.78 is 19.4. The largest absolute Gasteiger partial charge is 0.478 e. The summed E-state index contributed by atoms with van der Waals surface area (Å²) in [5, 5.41) is 9.21. The predicted molar refractivity (Wildman–Crippen MR) is 77.2 cm³/mol.